The van der Waals surface area contributed by atoms with Crippen LogP contribution in [-0.2, 0) is 6.42 Å². The average molecular weight is 337 g/mol. The molecule has 1 atom stereocenters. The van der Waals surface area contributed by atoms with Crippen molar-refractivity contribution < 1.29 is 4.39 Å². The Kier molecular flexibility index (Phi) is 5.63. The van der Waals surface area contributed by atoms with Crippen molar-refractivity contribution in [2.75, 3.05) is 7.05 Å². The molecule has 0 aliphatic rings. The summed E-state index contributed by atoms with van der Waals surface area (Å²) in [6.07, 6.45) is 1.57. The third kappa shape index (κ3) is 3.94. The highest BCUT2D eigenvalue weighted by atomic mass is 79.9. The Morgan fingerprint density at radius 2 is 2.00 bits per heavy atom. The summed E-state index contributed by atoms with van der Waals surface area (Å²) in [6, 6.07) is 3.94. The van der Waals surface area contributed by atoms with Crippen molar-refractivity contribution >= 4 is 27.5 Å². The molecular formula is C14H20BrClFN. The molecular weight excluding hydrogens is 317 g/mol. The number of aryl methyl sites for hydroxylation is 1. The monoisotopic (exact) mass is 335 g/mol. The number of halogens is 3. The van der Waals surface area contributed by atoms with E-state index < -0.39 is 0 Å². The van der Waals surface area contributed by atoms with Crippen molar-refractivity contribution in [1.29, 1.82) is 0 Å². The van der Waals surface area contributed by atoms with Gasteiger partial charge in [-0.1, -0.05) is 38.4 Å². The Bertz CT molecular complexity index is 415. The minimum atomic E-state index is -0.310. The minimum absolute atomic E-state index is 0.157. The first kappa shape index (κ1) is 15.9. The molecule has 1 unspecified atom stereocenters. The summed E-state index contributed by atoms with van der Waals surface area (Å²) in [5.41, 5.74) is 0.831. The van der Waals surface area contributed by atoms with Crippen molar-refractivity contribution in [2.24, 2.45) is 5.41 Å². The first-order valence-electron chi connectivity index (χ1n) is 6.07. The quantitative estimate of drug-likeness (QED) is 0.778. The topological polar surface area (TPSA) is 12.0 Å². The maximum absolute atomic E-state index is 13.9. The number of hydrogen-bond acceptors (Lipinski definition) is 1. The van der Waals surface area contributed by atoms with Crippen LogP contribution in [0, 0.1) is 11.2 Å². The second kappa shape index (κ2) is 6.36. The van der Waals surface area contributed by atoms with Gasteiger partial charge in [0, 0.05) is 10.5 Å². The molecule has 0 heterocycles. The zero-order valence-corrected chi connectivity index (χ0v) is 13.6. The van der Waals surface area contributed by atoms with E-state index in [1.165, 1.54) is 0 Å². The van der Waals surface area contributed by atoms with Gasteiger partial charge in [-0.25, -0.2) is 4.39 Å². The summed E-state index contributed by atoms with van der Waals surface area (Å²) in [5, 5.41) is 3.46. The molecule has 1 N–H and O–H groups in total. The maximum Gasteiger partial charge on any atom is 0.146 e. The first-order valence-corrected chi connectivity index (χ1v) is 7.24. The van der Waals surface area contributed by atoms with Gasteiger partial charge < -0.3 is 5.32 Å². The molecule has 1 nitrogen and oxygen atoms in total. The maximum atomic E-state index is 13.9. The van der Waals surface area contributed by atoms with E-state index in [1.54, 1.807) is 12.1 Å². The lowest BCUT2D eigenvalue weighted by molar-refractivity contribution is 0.267. The van der Waals surface area contributed by atoms with E-state index in [0.29, 0.717) is 22.5 Å². The van der Waals surface area contributed by atoms with Crippen LogP contribution in [0.4, 0.5) is 4.39 Å². The van der Waals surface area contributed by atoms with Gasteiger partial charge in [-0.15, -0.1) is 0 Å². The highest BCUT2D eigenvalue weighted by Gasteiger charge is 2.23. The highest BCUT2D eigenvalue weighted by molar-refractivity contribution is 9.10. The predicted octanol–water partition coefficient (Wildman–Crippen LogP) is 4.81. The normalized spacial score (nSPS) is 13.7. The van der Waals surface area contributed by atoms with Gasteiger partial charge in [-0.05, 0) is 52.9 Å². The molecule has 1 rings (SSSR count). The van der Waals surface area contributed by atoms with Crippen molar-refractivity contribution in [3.05, 3.63) is 33.0 Å². The third-order valence-electron chi connectivity index (χ3n) is 3.21. The van der Waals surface area contributed by atoms with Gasteiger partial charge in [-0.3, -0.25) is 0 Å². The third-order valence-corrected chi connectivity index (χ3v) is 4.47. The summed E-state index contributed by atoms with van der Waals surface area (Å²) in [7, 11) is 1.95. The lowest BCUT2D eigenvalue weighted by atomic mass is 9.83. The van der Waals surface area contributed by atoms with E-state index in [9.17, 15) is 4.39 Å². The zero-order chi connectivity index (χ0) is 13.9. The molecule has 0 spiro atoms. The molecule has 0 aliphatic heterocycles. The van der Waals surface area contributed by atoms with Crippen molar-refractivity contribution in [3.63, 3.8) is 0 Å². The fraction of sp³-hybridized carbons (Fsp3) is 0.571. The molecule has 0 saturated carbocycles. The van der Waals surface area contributed by atoms with E-state index >= 15 is 0 Å². The van der Waals surface area contributed by atoms with Crippen LogP contribution in [0.5, 0.6) is 0 Å². The molecule has 1 aromatic rings. The molecule has 0 radical (unpaired) electrons. The molecule has 0 bridgehead atoms. The van der Waals surface area contributed by atoms with Gasteiger partial charge in [0.15, 0.2) is 0 Å². The van der Waals surface area contributed by atoms with E-state index in [4.69, 9.17) is 11.6 Å². The van der Waals surface area contributed by atoms with Gasteiger partial charge in [0.2, 0.25) is 0 Å². The number of benzene rings is 1. The Labute approximate surface area is 122 Å². The molecule has 0 saturated heterocycles. The molecule has 1 aromatic carbocycles. The van der Waals surface area contributed by atoms with Gasteiger partial charge in [0.25, 0.3) is 0 Å². The molecule has 4 heteroatoms. The Hall–Kier alpha value is -0.120. The first-order chi connectivity index (χ1) is 8.27. The fourth-order valence-electron chi connectivity index (χ4n) is 2.07. The van der Waals surface area contributed by atoms with Gasteiger partial charge in [0.1, 0.15) is 5.82 Å². The molecule has 18 heavy (non-hydrogen) atoms. The summed E-state index contributed by atoms with van der Waals surface area (Å²) in [4.78, 5) is 0. The van der Waals surface area contributed by atoms with E-state index in [1.807, 2.05) is 7.05 Å². The largest absolute Gasteiger partial charge is 0.316 e. The van der Waals surface area contributed by atoms with E-state index in [2.05, 4.69) is 42.0 Å². The van der Waals surface area contributed by atoms with Crippen LogP contribution in [0.15, 0.2) is 16.6 Å². The number of rotatable bonds is 4. The summed E-state index contributed by atoms with van der Waals surface area (Å²) >= 11 is 9.11. The smallest absolute Gasteiger partial charge is 0.146 e. The standard InChI is InChI=1S/C14H20BrClFN/c1-14(2,3)11(18-4)8-6-9-5-7-10(15)12(16)13(9)17/h5,7,11,18H,6,8H2,1-4H3. The predicted molar refractivity (Wildman–Crippen MR) is 79.7 cm³/mol. The zero-order valence-electron chi connectivity index (χ0n) is 11.3. The average Bonchev–Trinajstić information content (AvgIpc) is 2.28. The molecule has 102 valence electrons. The van der Waals surface area contributed by atoms with Crippen molar-refractivity contribution in [2.45, 2.75) is 39.7 Å². The van der Waals surface area contributed by atoms with Crippen LogP contribution < -0.4 is 5.32 Å². The minimum Gasteiger partial charge on any atom is -0.316 e. The summed E-state index contributed by atoms with van der Waals surface area (Å²) in [5.74, 6) is -0.310. The second-order valence-corrected chi connectivity index (χ2v) is 6.81. The van der Waals surface area contributed by atoms with Crippen LogP contribution in [0.25, 0.3) is 0 Å². The Morgan fingerprint density at radius 1 is 1.39 bits per heavy atom. The Morgan fingerprint density at radius 3 is 2.50 bits per heavy atom. The van der Waals surface area contributed by atoms with E-state index in [0.717, 1.165) is 6.42 Å². The van der Waals surface area contributed by atoms with Crippen LogP contribution >= 0.6 is 27.5 Å². The van der Waals surface area contributed by atoms with Gasteiger partial charge >= 0.3 is 0 Å². The van der Waals surface area contributed by atoms with Gasteiger partial charge in [-0.2, -0.15) is 0 Å². The fourth-order valence-corrected chi connectivity index (χ4v) is 2.56. The lowest BCUT2D eigenvalue weighted by Gasteiger charge is -2.30. The highest BCUT2D eigenvalue weighted by Crippen LogP contribution is 2.29. The van der Waals surface area contributed by atoms with Crippen LogP contribution in [-0.4, -0.2) is 13.1 Å². The lowest BCUT2D eigenvalue weighted by Crippen LogP contribution is -2.38. The van der Waals surface area contributed by atoms with Gasteiger partial charge in [0.05, 0.1) is 5.02 Å². The van der Waals surface area contributed by atoms with Crippen molar-refractivity contribution in [1.82, 2.24) is 5.32 Å². The SMILES string of the molecule is CNC(CCc1ccc(Br)c(Cl)c1F)C(C)(C)C. The summed E-state index contributed by atoms with van der Waals surface area (Å²) in [6.45, 7) is 6.54. The molecule has 0 aromatic heterocycles. The van der Waals surface area contributed by atoms with Crippen LogP contribution in [0.2, 0.25) is 5.02 Å². The number of hydrogen-bond donors (Lipinski definition) is 1. The molecule has 0 fully saturated rings. The molecule has 0 aliphatic carbocycles. The van der Waals surface area contributed by atoms with Crippen molar-refractivity contribution in [3.8, 4) is 0 Å². The van der Waals surface area contributed by atoms with Crippen LogP contribution in [0.3, 0.4) is 0 Å². The van der Waals surface area contributed by atoms with Crippen LogP contribution in [0.1, 0.15) is 32.8 Å². The summed E-state index contributed by atoms with van der Waals surface area (Å²) < 4.78 is 14.5. The Balaban J connectivity index is 2.78. The molecule has 0 amide bonds. The second-order valence-electron chi connectivity index (χ2n) is 5.58. The van der Waals surface area contributed by atoms with E-state index in [-0.39, 0.29) is 16.3 Å². The number of nitrogens with one attached hydrogen (secondary N) is 1.